The van der Waals surface area contributed by atoms with Gasteiger partial charge in [-0.2, -0.15) is 0 Å². The Morgan fingerprint density at radius 1 is 1.27 bits per heavy atom. The number of carboxylic acid groups (broad SMARTS) is 1. The van der Waals surface area contributed by atoms with E-state index in [9.17, 15) is 14.9 Å². The van der Waals surface area contributed by atoms with Crippen molar-refractivity contribution in [1.82, 2.24) is 5.23 Å². The minimum absolute atomic E-state index is 0.204. The van der Waals surface area contributed by atoms with Crippen LogP contribution in [0.3, 0.4) is 0 Å². The second-order valence-electron chi connectivity index (χ2n) is 6.79. The Morgan fingerprint density at radius 2 is 1.93 bits per heavy atom. The third kappa shape index (κ3) is 7.08. The zero-order chi connectivity index (χ0) is 21.8. The zero-order valence-electron chi connectivity index (χ0n) is 15.9. The molecular weight excluding hydrogens is 730 g/mol. The number of hydrogen-bond acceptors (Lipinski definition) is 6. The summed E-state index contributed by atoms with van der Waals surface area (Å²) in [5.74, 6) is 1.19. The first kappa shape index (κ1) is 24.3. The van der Waals surface area contributed by atoms with Crippen molar-refractivity contribution in [3.63, 3.8) is 0 Å². The van der Waals surface area contributed by atoms with Gasteiger partial charge in [-0.05, 0) is 117 Å². The molecule has 7 nitrogen and oxygen atoms in total. The number of epoxide rings is 1. The maximum Gasteiger partial charge on any atom is 0.374 e. The minimum Gasteiger partial charge on any atom is -0.490 e. The molecule has 0 aromatic heterocycles. The normalized spacial score (nSPS) is 16.1. The molecule has 3 rings (SSSR count). The van der Waals surface area contributed by atoms with Crippen LogP contribution in [0.25, 0.3) is 0 Å². The van der Waals surface area contributed by atoms with Gasteiger partial charge in [-0.1, -0.05) is 0 Å². The quantitative estimate of drug-likeness (QED) is 0.194. The SMILES string of the molecule is CB(O)NC(Cc1cc(I)c(Oc2ccc(OCC3CO3)c(I)c2)c(I)c1)C(=O)O. The monoisotopic (exact) mass is 749 g/mol. The number of carbonyl (C=O) groups is 1. The highest BCUT2D eigenvalue weighted by Gasteiger charge is 2.24. The van der Waals surface area contributed by atoms with Crippen LogP contribution in [0.15, 0.2) is 30.3 Å². The highest BCUT2D eigenvalue weighted by molar-refractivity contribution is 14.1. The maximum atomic E-state index is 11.4. The summed E-state index contributed by atoms with van der Waals surface area (Å²) < 4.78 is 19.7. The van der Waals surface area contributed by atoms with Gasteiger partial charge in [-0.3, -0.25) is 4.79 Å². The molecule has 2 aromatic carbocycles. The van der Waals surface area contributed by atoms with Gasteiger partial charge in [-0.25, -0.2) is 0 Å². The van der Waals surface area contributed by atoms with Crippen LogP contribution in [-0.4, -0.2) is 48.5 Å². The van der Waals surface area contributed by atoms with E-state index in [1.54, 1.807) is 0 Å². The molecule has 1 fully saturated rings. The van der Waals surface area contributed by atoms with Crippen molar-refractivity contribution < 1.29 is 29.1 Å². The number of rotatable bonds is 10. The van der Waals surface area contributed by atoms with E-state index in [-0.39, 0.29) is 12.5 Å². The van der Waals surface area contributed by atoms with Crippen LogP contribution in [0.1, 0.15) is 5.56 Å². The van der Waals surface area contributed by atoms with Crippen molar-refractivity contribution in [3.05, 3.63) is 46.6 Å². The van der Waals surface area contributed by atoms with E-state index in [1.807, 2.05) is 30.3 Å². The van der Waals surface area contributed by atoms with E-state index in [0.717, 1.165) is 28.6 Å². The number of hydrogen-bond donors (Lipinski definition) is 3. The Bertz CT molecular complexity index is 902. The number of benzene rings is 2. The summed E-state index contributed by atoms with van der Waals surface area (Å²) in [6.07, 6.45) is 0.455. The van der Waals surface area contributed by atoms with Crippen LogP contribution in [0.5, 0.6) is 17.2 Å². The molecule has 0 spiro atoms. The lowest BCUT2D eigenvalue weighted by Crippen LogP contribution is -2.46. The van der Waals surface area contributed by atoms with Crippen molar-refractivity contribution in [3.8, 4) is 17.2 Å². The molecule has 0 saturated carbocycles. The predicted octanol–water partition coefficient (Wildman–Crippen LogP) is 3.77. The lowest BCUT2D eigenvalue weighted by Gasteiger charge is -2.17. The second-order valence-corrected chi connectivity index (χ2v) is 10.3. The van der Waals surface area contributed by atoms with E-state index < -0.39 is 19.1 Å². The van der Waals surface area contributed by atoms with E-state index >= 15 is 0 Å². The Labute approximate surface area is 215 Å². The molecular formula is C19H19BI3NO6. The molecule has 1 aliphatic heterocycles. The molecule has 2 atom stereocenters. The molecule has 1 saturated heterocycles. The van der Waals surface area contributed by atoms with Gasteiger partial charge in [0.15, 0.2) is 5.75 Å². The summed E-state index contributed by atoms with van der Waals surface area (Å²) in [6.45, 7) is 2.81. The van der Waals surface area contributed by atoms with Gasteiger partial charge in [0.1, 0.15) is 30.3 Å². The molecule has 3 N–H and O–H groups in total. The third-order valence-electron chi connectivity index (χ3n) is 4.19. The molecule has 0 amide bonds. The number of carboxylic acids is 1. The van der Waals surface area contributed by atoms with Gasteiger partial charge in [0.05, 0.1) is 17.3 Å². The van der Waals surface area contributed by atoms with Crippen molar-refractivity contribution >= 4 is 80.8 Å². The molecule has 1 aliphatic rings. The lowest BCUT2D eigenvalue weighted by atomic mass is 9.86. The molecule has 30 heavy (non-hydrogen) atoms. The highest BCUT2D eigenvalue weighted by atomic mass is 127. The fourth-order valence-electron chi connectivity index (χ4n) is 2.70. The number of ether oxygens (including phenoxy) is 3. The molecule has 1 heterocycles. The topological polar surface area (TPSA) is 101 Å². The minimum atomic E-state index is -1.01. The van der Waals surface area contributed by atoms with Crippen LogP contribution in [0.2, 0.25) is 6.82 Å². The summed E-state index contributed by atoms with van der Waals surface area (Å²) in [6, 6.07) is 8.58. The molecule has 0 bridgehead atoms. The summed E-state index contributed by atoms with van der Waals surface area (Å²) in [4.78, 5) is 11.4. The van der Waals surface area contributed by atoms with Crippen molar-refractivity contribution in [2.75, 3.05) is 13.2 Å². The maximum absolute atomic E-state index is 11.4. The smallest absolute Gasteiger partial charge is 0.374 e. The number of nitrogens with one attached hydrogen (secondary N) is 1. The lowest BCUT2D eigenvalue weighted by molar-refractivity contribution is -0.139. The fraction of sp³-hybridized carbons (Fsp3) is 0.316. The van der Waals surface area contributed by atoms with Gasteiger partial charge in [-0.15, -0.1) is 0 Å². The van der Waals surface area contributed by atoms with Crippen LogP contribution < -0.4 is 14.7 Å². The van der Waals surface area contributed by atoms with E-state index in [2.05, 4.69) is 73.0 Å². The molecule has 2 aromatic rings. The largest absolute Gasteiger partial charge is 0.490 e. The van der Waals surface area contributed by atoms with E-state index in [0.29, 0.717) is 18.1 Å². The van der Waals surface area contributed by atoms with Gasteiger partial charge in [0.25, 0.3) is 0 Å². The predicted molar refractivity (Wildman–Crippen MR) is 138 cm³/mol. The second kappa shape index (κ2) is 11.0. The first-order chi connectivity index (χ1) is 14.2. The molecule has 11 heteroatoms. The first-order valence-electron chi connectivity index (χ1n) is 9.09. The van der Waals surface area contributed by atoms with Crippen LogP contribution in [-0.2, 0) is 16.0 Å². The third-order valence-corrected chi connectivity index (χ3v) is 6.63. The molecule has 0 radical (unpaired) electrons. The summed E-state index contributed by atoms with van der Waals surface area (Å²) in [7, 11) is -0.905. The Kier molecular flexibility index (Phi) is 8.89. The number of halogens is 3. The average Bonchev–Trinajstić information content (AvgIpc) is 3.47. The van der Waals surface area contributed by atoms with E-state index in [1.165, 1.54) is 6.82 Å². The molecule has 2 unspecified atom stereocenters. The average molecular weight is 749 g/mol. The number of aliphatic carboxylic acids is 1. The summed E-state index contributed by atoms with van der Waals surface area (Å²) in [5.41, 5.74) is 0.845. The standard InChI is InChI=1S/C19H19BI3NO6/c1-20(27)24-16(19(25)26)6-10-4-14(22)18(15(23)5-10)30-11-2-3-17(13(21)7-11)29-9-12-8-28-12/h2-5,7,12,16,24,27H,6,8-9H2,1H3,(H,25,26). The highest BCUT2D eigenvalue weighted by Crippen LogP contribution is 2.35. The van der Waals surface area contributed by atoms with E-state index in [4.69, 9.17) is 14.2 Å². The van der Waals surface area contributed by atoms with Gasteiger partial charge in [0, 0.05) is 0 Å². The fourth-order valence-corrected chi connectivity index (χ4v) is 5.46. The van der Waals surface area contributed by atoms with Gasteiger partial charge in [0.2, 0.25) is 0 Å². The van der Waals surface area contributed by atoms with Crippen molar-refractivity contribution in [1.29, 1.82) is 0 Å². The summed E-state index contributed by atoms with van der Waals surface area (Å²) >= 11 is 6.58. The Balaban J connectivity index is 1.72. The molecule has 0 aliphatic carbocycles. The molecule has 160 valence electrons. The first-order valence-corrected chi connectivity index (χ1v) is 12.3. The van der Waals surface area contributed by atoms with Crippen LogP contribution >= 0.6 is 67.8 Å². The zero-order valence-corrected chi connectivity index (χ0v) is 22.4. The Hall–Kier alpha value is -0.355. The van der Waals surface area contributed by atoms with Crippen LogP contribution in [0.4, 0.5) is 0 Å². The van der Waals surface area contributed by atoms with Gasteiger partial charge < -0.3 is 29.6 Å². The van der Waals surface area contributed by atoms with Crippen molar-refractivity contribution in [2.45, 2.75) is 25.4 Å². The van der Waals surface area contributed by atoms with Gasteiger partial charge >= 0.3 is 13.0 Å². The van der Waals surface area contributed by atoms with Crippen molar-refractivity contribution in [2.24, 2.45) is 0 Å². The van der Waals surface area contributed by atoms with Crippen LogP contribution in [0, 0.1) is 10.7 Å². The Morgan fingerprint density at radius 3 is 2.47 bits per heavy atom. The summed E-state index contributed by atoms with van der Waals surface area (Å²) in [5, 5.41) is 21.5.